The topological polar surface area (TPSA) is 0 Å². The normalized spacial score (nSPS) is 13.3. The lowest BCUT2D eigenvalue weighted by Gasteiger charge is -2.24. The van der Waals surface area contributed by atoms with Gasteiger partial charge in [0.2, 0.25) is 0 Å². The van der Waals surface area contributed by atoms with E-state index in [9.17, 15) is 0 Å². The maximum absolute atomic E-state index is 5.58. The number of alkyl halides is 3. The van der Waals surface area contributed by atoms with Crippen LogP contribution < -0.4 is 0 Å². The van der Waals surface area contributed by atoms with Crippen molar-refractivity contribution in [3.63, 3.8) is 0 Å². The summed E-state index contributed by atoms with van der Waals surface area (Å²) >= 11 is 16.7. The van der Waals surface area contributed by atoms with Crippen LogP contribution in [0.5, 0.6) is 0 Å². The quantitative estimate of drug-likeness (QED) is 0.469. The maximum Gasteiger partial charge on any atom is 0.191 e. The molecule has 0 atom stereocenters. The van der Waals surface area contributed by atoms with Gasteiger partial charge in [-0.25, -0.2) is 0 Å². The second-order valence-corrected chi connectivity index (χ2v) is 5.50. The van der Waals surface area contributed by atoms with Crippen molar-refractivity contribution < 1.29 is 0 Å². The lowest BCUT2D eigenvalue weighted by molar-refractivity contribution is 0.445. The first kappa shape index (κ1) is 10.6. The first-order valence-corrected chi connectivity index (χ1v) is 4.10. The zero-order valence-corrected chi connectivity index (χ0v) is 8.39. The summed E-state index contributed by atoms with van der Waals surface area (Å²) in [5, 5.41) is 0. The highest BCUT2D eigenvalue weighted by Crippen LogP contribution is 2.39. The number of hydrogen-bond acceptors (Lipinski definition) is 0. The van der Waals surface area contributed by atoms with Gasteiger partial charge in [0, 0.05) is 6.42 Å². The van der Waals surface area contributed by atoms with Gasteiger partial charge in [0.25, 0.3) is 0 Å². The van der Waals surface area contributed by atoms with E-state index in [1.807, 2.05) is 13.8 Å². The molecule has 0 saturated heterocycles. The van der Waals surface area contributed by atoms with Gasteiger partial charge in [0.15, 0.2) is 3.79 Å². The Balaban J connectivity index is 4.01. The van der Waals surface area contributed by atoms with Gasteiger partial charge < -0.3 is 0 Å². The summed E-state index contributed by atoms with van der Waals surface area (Å²) in [4.78, 5) is 0. The highest BCUT2D eigenvalue weighted by Gasteiger charge is 2.28. The molecule has 0 bridgehead atoms. The van der Waals surface area contributed by atoms with E-state index in [-0.39, 0.29) is 5.41 Å². The van der Waals surface area contributed by atoms with E-state index < -0.39 is 3.79 Å². The second-order valence-electron chi connectivity index (χ2n) is 2.98. The molecule has 0 rings (SSSR count). The number of allylic oxidation sites excluding steroid dienone is 1. The number of halogens is 3. The minimum absolute atomic E-state index is 0.106. The fourth-order valence-electron chi connectivity index (χ4n) is 0.589. The van der Waals surface area contributed by atoms with Gasteiger partial charge in [-0.15, -0.1) is 6.58 Å². The van der Waals surface area contributed by atoms with Crippen LogP contribution >= 0.6 is 34.8 Å². The molecule has 0 aromatic rings. The standard InChI is InChI=1S/C7H11Cl3/c1-4-6(2,3)5-7(8,9)10/h4H,1,5H2,2-3H3. The fourth-order valence-corrected chi connectivity index (χ4v) is 1.62. The van der Waals surface area contributed by atoms with Gasteiger partial charge in [-0.05, 0) is 5.41 Å². The monoisotopic (exact) mass is 200 g/mol. The van der Waals surface area contributed by atoms with E-state index in [1.54, 1.807) is 6.08 Å². The third kappa shape index (κ3) is 5.40. The third-order valence-corrected chi connectivity index (χ3v) is 1.61. The molecule has 10 heavy (non-hydrogen) atoms. The highest BCUT2D eigenvalue weighted by molar-refractivity contribution is 6.67. The van der Waals surface area contributed by atoms with Crippen molar-refractivity contribution in [2.45, 2.75) is 24.1 Å². The summed E-state index contributed by atoms with van der Waals surface area (Å²) in [6.45, 7) is 7.59. The molecule has 0 aliphatic rings. The van der Waals surface area contributed by atoms with Crippen LogP contribution in [0.25, 0.3) is 0 Å². The molecule has 0 N–H and O–H groups in total. The number of rotatable bonds is 2. The second kappa shape index (κ2) is 3.34. The van der Waals surface area contributed by atoms with Crippen LogP contribution in [0, 0.1) is 5.41 Å². The Morgan fingerprint density at radius 3 is 1.80 bits per heavy atom. The summed E-state index contributed by atoms with van der Waals surface area (Å²) in [6.07, 6.45) is 2.28. The van der Waals surface area contributed by atoms with Crippen molar-refractivity contribution in [1.29, 1.82) is 0 Å². The van der Waals surface area contributed by atoms with Gasteiger partial charge in [0.1, 0.15) is 0 Å². The molecule has 3 heteroatoms. The zero-order valence-electron chi connectivity index (χ0n) is 6.13. The van der Waals surface area contributed by atoms with Gasteiger partial charge in [-0.3, -0.25) is 0 Å². The summed E-state index contributed by atoms with van der Waals surface area (Å²) in [6, 6.07) is 0. The summed E-state index contributed by atoms with van der Waals surface area (Å²) in [5.41, 5.74) is -0.106. The first-order chi connectivity index (χ1) is 4.27. The van der Waals surface area contributed by atoms with Gasteiger partial charge >= 0.3 is 0 Å². The Hall–Kier alpha value is 0.610. The average Bonchev–Trinajstić information content (AvgIpc) is 1.60. The van der Waals surface area contributed by atoms with Crippen LogP contribution in [0.3, 0.4) is 0 Å². The molecule has 0 heterocycles. The van der Waals surface area contributed by atoms with Crippen molar-refractivity contribution in [1.82, 2.24) is 0 Å². The van der Waals surface area contributed by atoms with Crippen LogP contribution in [-0.2, 0) is 0 Å². The van der Waals surface area contributed by atoms with Crippen molar-refractivity contribution >= 4 is 34.8 Å². The Morgan fingerprint density at radius 1 is 1.30 bits per heavy atom. The molecule has 0 nitrogen and oxygen atoms in total. The van der Waals surface area contributed by atoms with E-state index in [0.717, 1.165) is 0 Å². The molecular formula is C7H11Cl3. The fraction of sp³-hybridized carbons (Fsp3) is 0.714. The van der Waals surface area contributed by atoms with Crippen molar-refractivity contribution in [2.75, 3.05) is 0 Å². The van der Waals surface area contributed by atoms with Crippen LogP contribution in [0.4, 0.5) is 0 Å². The Labute approximate surface area is 77.1 Å². The molecule has 0 fully saturated rings. The smallest absolute Gasteiger partial charge is 0.103 e. The van der Waals surface area contributed by atoms with Crippen LogP contribution in [0.15, 0.2) is 12.7 Å². The first-order valence-electron chi connectivity index (χ1n) is 2.97. The van der Waals surface area contributed by atoms with E-state index in [4.69, 9.17) is 34.8 Å². The Morgan fingerprint density at radius 2 is 1.70 bits per heavy atom. The molecule has 0 saturated carbocycles. The third-order valence-electron chi connectivity index (χ3n) is 1.21. The minimum atomic E-state index is -1.17. The molecular weight excluding hydrogens is 190 g/mol. The molecule has 0 aromatic carbocycles. The molecule has 0 spiro atoms. The summed E-state index contributed by atoms with van der Waals surface area (Å²) in [5.74, 6) is 0. The molecule has 60 valence electrons. The van der Waals surface area contributed by atoms with Gasteiger partial charge in [-0.2, -0.15) is 0 Å². The molecule has 0 aliphatic heterocycles. The lowest BCUT2D eigenvalue weighted by Crippen LogP contribution is -2.16. The summed E-state index contributed by atoms with van der Waals surface area (Å²) in [7, 11) is 0. The zero-order chi connectivity index (χ0) is 8.41. The highest BCUT2D eigenvalue weighted by atomic mass is 35.6. The van der Waals surface area contributed by atoms with E-state index in [2.05, 4.69) is 6.58 Å². The largest absolute Gasteiger partial charge is 0.191 e. The lowest BCUT2D eigenvalue weighted by atomic mass is 9.91. The van der Waals surface area contributed by atoms with Crippen LogP contribution in [0.1, 0.15) is 20.3 Å². The Bertz CT molecular complexity index is 121. The van der Waals surface area contributed by atoms with Gasteiger partial charge in [0.05, 0.1) is 0 Å². The van der Waals surface area contributed by atoms with E-state index in [0.29, 0.717) is 6.42 Å². The number of hydrogen-bond donors (Lipinski definition) is 0. The maximum atomic E-state index is 5.58. The molecule has 0 aliphatic carbocycles. The van der Waals surface area contributed by atoms with Gasteiger partial charge in [-0.1, -0.05) is 54.7 Å². The van der Waals surface area contributed by atoms with E-state index >= 15 is 0 Å². The predicted octanol–water partition coefficient (Wildman–Crippen LogP) is 3.96. The van der Waals surface area contributed by atoms with Crippen LogP contribution in [-0.4, -0.2) is 3.79 Å². The van der Waals surface area contributed by atoms with Crippen molar-refractivity contribution in [2.24, 2.45) is 5.41 Å². The van der Waals surface area contributed by atoms with E-state index in [1.165, 1.54) is 0 Å². The molecule has 0 aromatic heterocycles. The average molecular weight is 202 g/mol. The predicted molar refractivity (Wildman–Crippen MR) is 48.9 cm³/mol. The minimum Gasteiger partial charge on any atom is -0.103 e. The summed E-state index contributed by atoms with van der Waals surface area (Å²) < 4.78 is -1.17. The molecule has 0 amide bonds. The molecule has 0 radical (unpaired) electrons. The Kier molecular flexibility index (Phi) is 3.54. The van der Waals surface area contributed by atoms with Crippen molar-refractivity contribution in [3.8, 4) is 0 Å². The SMILES string of the molecule is C=CC(C)(C)CC(Cl)(Cl)Cl. The van der Waals surface area contributed by atoms with Crippen LogP contribution in [0.2, 0.25) is 0 Å². The van der Waals surface area contributed by atoms with Crippen molar-refractivity contribution in [3.05, 3.63) is 12.7 Å². The molecule has 0 unspecified atom stereocenters.